The minimum atomic E-state index is -3.83. The maximum Gasteiger partial charge on any atom is 0.347 e. The molecule has 1 aliphatic rings. The summed E-state index contributed by atoms with van der Waals surface area (Å²) >= 11 is 0.895. The summed E-state index contributed by atoms with van der Waals surface area (Å²) in [7, 11) is -3.83. The number of carboxylic acid groups (broad SMARTS) is 1. The molecule has 8 heteroatoms. The predicted molar refractivity (Wildman–Crippen MR) is 65.4 cm³/mol. The van der Waals surface area contributed by atoms with Gasteiger partial charge in [0.15, 0.2) is 0 Å². The van der Waals surface area contributed by atoms with Crippen LogP contribution in [-0.4, -0.2) is 47.6 Å². The SMILES string of the molecule is Cc1csc(C(=O)O)c1S(=O)(=O)N1CC(C)(O)C1. The Balaban J connectivity index is 2.43. The fourth-order valence-corrected chi connectivity index (χ4v) is 5.17. The highest BCUT2D eigenvalue weighted by atomic mass is 32.2. The predicted octanol–water partition coefficient (Wildman–Crippen LogP) is 0.510. The number of aliphatic hydroxyl groups is 1. The molecular weight excluding hydrogens is 278 g/mol. The molecule has 0 spiro atoms. The molecule has 0 radical (unpaired) electrons. The second kappa shape index (κ2) is 4.02. The van der Waals surface area contributed by atoms with Crippen LogP contribution in [-0.2, 0) is 10.0 Å². The Hall–Kier alpha value is -0.960. The van der Waals surface area contributed by atoms with Gasteiger partial charge in [-0.05, 0) is 24.8 Å². The van der Waals surface area contributed by atoms with E-state index in [1.54, 1.807) is 6.92 Å². The fourth-order valence-electron chi connectivity index (χ4n) is 1.91. The molecule has 0 bridgehead atoms. The van der Waals surface area contributed by atoms with Crippen molar-refractivity contribution in [3.8, 4) is 0 Å². The van der Waals surface area contributed by atoms with Crippen LogP contribution in [0.2, 0.25) is 0 Å². The van der Waals surface area contributed by atoms with E-state index in [1.807, 2.05) is 0 Å². The van der Waals surface area contributed by atoms with Gasteiger partial charge in [-0.25, -0.2) is 13.2 Å². The highest BCUT2D eigenvalue weighted by molar-refractivity contribution is 7.89. The van der Waals surface area contributed by atoms with E-state index in [2.05, 4.69) is 0 Å². The van der Waals surface area contributed by atoms with Crippen LogP contribution in [0.3, 0.4) is 0 Å². The number of β-amino-alcohol motifs (C(OH)–C–C–N with tert-alkyl or cyclic N) is 1. The molecule has 0 amide bonds. The van der Waals surface area contributed by atoms with Crippen LogP contribution >= 0.6 is 11.3 Å². The molecule has 0 atom stereocenters. The highest BCUT2D eigenvalue weighted by Crippen LogP contribution is 2.33. The standard InChI is InChI=1S/C10H13NO5S2/c1-6-3-17-7(9(12)13)8(6)18(15,16)11-4-10(2,14)5-11/h3,14H,4-5H2,1-2H3,(H,12,13). The fraction of sp³-hybridized carbons (Fsp3) is 0.500. The Kier molecular flexibility index (Phi) is 3.01. The molecule has 2 heterocycles. The molecule has 0 aromatic carbocycles. The van der Waals surface area contributed by atoms with Gasteiger partial charge < -0.3 is 10.2 Å². The van der Waals surface area contributed by atoms with E-state index in [-0.39, 0.29) is 22.9 Å². The lowest BCUT2D eigenvalue weighted by Crippen LogP contribution is -2.61. The lowest BCUT2D eigenvalue weighted by atomic mass is 10.0. The van der Waals surface area contributed by atoms with Gasteiger partial charge in [0.2, 0.25) is 10.0 Å². The van der Waals surface area contributed by atoms with Gasteiger partial charge in [0.05, 0.1) is 5.60 Å². The second-order valence-electron chi connectivity index (χ2n) is 4.65. The summed E-state index contributed by atoms with van der Waals surface area (Å²) in [6.45, 7) is 3.08. The number of aryl methyl sites for hydroxylation is 1. The molecule has 0 aliphatic carbocycles. The number of sulfonamides is 1. The van der Waals surface area contributed by atoms with E-state index in [0.29, 0.717) is 5.56 Å². The summed E-state index contributed by atoms with van der Waals surface area (Å²) in [5, 5.41) is 20.1. The first-order valence-electron chi connectivity index (χ1n) is 5.19. The summed E-state index contributed by atoms with van der Waals surface area (Å²) in [6.07, 6.45) is 0. The number of aromatic carboxylic acids is 1. The zero-order valence-electron chi connectivity index (χ0n) is 9.87. The van der Waals surface area contributed by atoms with Crippen molar-refractivity contribution in [2.24, 2.45) is 0 Å². The van der Waals surface area contributed by atoms with Crippen LogP contribution in [0.1, 0.15) is 22.2 Å². The average molecular weight is 291 g/mol. The van der Waals surface area contributed by atoms with Crippen molar-refractivity contribution in [1.82, 2.24) is 4.31 Å². The van der Waals surface area contributed by atoms with Crippen molar-refractivity contribution in [3.63, 3.8) is 0 Å². The van der Waals surface area contributed by atoms with Gasteiger partial charge in [-0.3, -0.25) is 0 Å². The van der Waals surface area contributed by atoms with Gasteiger partial charge in [0, 0.05) is 13.1 Å². The van der Waals surface area contributed by atoms with Crippen LogP contribution in [0, 0.1) is 6.92 Å². The molecule has 1 aromatic rings. The number of rotatable bonds is 3. The molecule has 2 N–H and O–H groups in total. The lowest BCUT2D eigenvalue weighted by molar-refractivity contribution is -0.0426. The third kappa shape index (κ3) is 2.05. The first-order valence-corrected chi connectivity index (χ1v) is 7.51. The number of carboxylic acids is 1. The number of hydrogen-bond acceptors (Lipinski definition) is 5. The molecule has 1 fully saturated rings. The Labute approximate surface area is 109 Å². The highest BCUT2D eigenvalue weighted by Gasteiger charge is 2.45. The summed E-state index contributed by atoms with van der Waals surface area (Å²) in [5.41, 5.74) is -0.607. The van der Waals surface area contributed by atoms with Crippen molar-refractivity contribution in [1.29, 1.82) is 0 Å². The van der Waals surface area contributed by atoms with Gasteiger partial charge in [-0.15, -0.1) is 11.3 Å². The van der Waals surface area contributed by atoms with Crippen LogP contribution < -0.4 is 0 Å². The Morgan fingerprint density at radius 1 is 1.50 bits per heavy atom. The molecule has 18 heavy (non-hydrogen) atoms. The van der Waals surface area contributed by atoms with E-state index in [9.17, 15) is 18.3 Å². The van der Waals surface area contributed by atoms with Gasteiger partial charge in [-0.1, -0.05) is 0 Å². The van der Waals surface area contributed by atoms with E-state index >= 15 is 0 Å². The first-order chi connectivity index (χ1) is 8.15. The average Bonchev–Trinajstić information content (AvgIpc) is 2.57. The van der Waals surface area contributed by atoms with Crippen molar-refractivity contribution < 1.29 is 23.4 Å². The summed E-state index contributed by atoms with van der Waals surface area (Å²) in [6, 6.07) is 0. The zero-order chi connectivity index (χ0) is 13.7. The van der Waals surface area contributed by atoms with Gasteiger partial charge in [-0.2, -0.15) is 4.31 Å². The first kappa shape index (κ1) is 13.5. The number of thiophene rings is 1. The minimum absolute atomic E-state index is 0.0102. The Bertz CT molecular complexity index is 594. The Morgan fingerprint density at radius 3 is 2.50 bits per heavy atom. The Morgan fingerprint density at radius 2 is 2.06 bits per heavy atom. The summed E-state index contributed by atoms with van der Waals surface area (Å²) in [5.74, 6) is -1.25. The number of nitrogens with zero attached hydrogens (tertiary/aromatic N) is 1. The summed E-state index contributed by atoms with van der Waals surface area (Å²) in [4.78, 5) is 10.7. The topological polar surface area (TPSA) is 94.9 Å². The van der Waals surface area contributed by atoms with E-state index in [1.165, 1.54) is 12.3 Å². The van der Waals surface area contributed by atoms with Gasteiger partial charge in [0.1, 0.15) is 9.77 Å². The molecule has 6 nitrogen and oxygen atoms in total. The van der Waals surface area contributed by atoms with Crippen LogP contribution in [0.15, 0.2) is 10.3 Å². The van der Waals surface area contributed by atoms with Gasteiger partial charge >= 0.3 is 5.97 Å². The zero-order valence-corrected chi connectivity index (χ0v) is 11.5. The monoisotopic (exact) mass is 291 g/mol. The molecule has 1 aliphatic heterocycles. The molecule has 1 saturated heterocycles. The van der Waals surface area contributed by atoms with E-state index < -0.39 is 21.6 Å². The molecule has 2 rings (SSSR count). The van der Waals surface area contributed by atoms with Crippen molar-refractivity contribution in [2.45, 2.75) is 24.3 Å². The normalized spacial score (nSPS) is 19.5. The van der Waals surface area contributed by atoms with Crippen molar-refractivity contribution in [3.05, 3.63) is 15.8 Å². The largest absolute Gasteiger partial charge is 0.477 e. The second-order valence-corrected chi connectivity index (χ2v) is 7.41. The van der Waals surface area contributed by atoms with Gasteiger partial charge in [0.25, 0.3) is 0 Å². The van der Waals surface area contributed by atoms with Crippen molar-refractivity contribution in [2.75, 3.05) is 13.1 Å². The lowest BCUT2D eigenvalue weighted by Gasteiger charge is -2.42. The van der Waals surface area contributed by atoms with Crippen LogP contribution in [0.4, 0.5) is 0 Å². The third-order valence-corrected chi connectivity index (χ3v) is 5.94. The maximum atomic E-state index is 12.3. The molecule has 1 aromatic heterocycles. The van der Waals surface area contributed by atoms with E-state index in [4.69, 9.17) is 5.11 Å². The van der Waals surface area contributed by atoms with Crippen molar-refractivity contribution >= 4 is 27.3 Å². The molecular formula is C10H13NO5S2. The quantitative estimate of drug-likeness (QED) is 0.846. The maximum absolute atomic E-state index is 12.3. The van der Waals surface area contributed by atoms with Crippen LogP contribution in [0.25, 0.3) is 0 Å². The smallest absolute Gasteiger partial charge is 0.347 e. The minimum Gasteiger partial charge on any atom is -0.477 e. The third-order valence-electron chi connectivity index (χ3n) is 2.74. The molecule has 0 unspecified atom stereocenters. The molecule has 100 valence electrons. The molecule has 0 saturated carbocycles. The summed E-state index contributed by atoms with van der Waals surface area (Å²) < 4.78 is 25.6. The van der Waals surface area contributed by atoms with Crippen LogP contribution in [0.5, 0.6) is 0 Å². The number of hydrogen-bond donors (Lipinski definition) is 2. The number of carbonyl (C=O) groups is 1. The van der Waals surface area contributed by atoms with E-state index in [0.717, 1.165) is 15.6 Å².